The molecule has 1 aliphatic rings. The number of imide groups is 1. The highest BCUT2D eigenvalue weighted by Crippen LogP contribution is 2.39. The number of amides is 2. The highest BCUT2D eigenvalue weighted by molar-refractivity contribution is 6.46. The second-order valence-corrected chi connectivity index (χ2v) is 6.86. The average molecular weight is 420 g/mol. The van der Waals surface area contributed by atoms with Gasteiger partial charge < -0.3 is 9.64 Å². The molecule has 3 aromatic carbocycles. The number of carbonyl (C=O) groups is 2. The maximum Gasteiger partial charge on any atom is 0.282 e. The zero-order valence-corrected chi connectivity index (χ0v) is 16.8. The van der Waals surface area contributed by atoms with Crippen molar-refractivity contribution in [1.82, 2.24) is 0 Å². The minimum absolute atomic E-state index is 0.0597. The Morgan fingerprint density at radius 1 is 0.871 bits per heavy atom. The number of benzene rings is 3. The molecule has 5 nitrogen and oxygen atoms in total. The van der Waals surface area contributed by atoms with Gasteiger partial charge in [-0.05, 0) is 30.3 Å². The largest absolute Gasteiger partial charge is 0.496 e. The molecule has 31 heavy (non-hydrogen) atoms. The molecule has 0 fully saturated rings. The van der Waals surface area contributed by atoms with Gasteiger partial charge in [0, 0.05) is 24.4 Å². The molecular weight excluding hydrogens is 402 g/mol. The summed E-state index contributed by atoms with van der Waals surface area (Å²) in [6.07, 6.45) is 0. The number of ether oxygens (including phenoxy) is 1. The summed E-state index contributed by atoms with van der Waals surface area (Å²) < 4.78 is 33.4. The third kappa shape index (κ3) is 3.44. The predicted molar refractivity (Wildman–Crippen MR) is 114 cm³/mol. The van der Waals surface area contributed by atoms with Gasteiger partial charge in [-0.3, -0.25) is 9.59 Å². The summed E-state index contributed by atoms with van der Waals surface area (Å²) in [6.45, 7) is 0. The first-order valence-corrected chi connectivity index (χ1v) is 9.44. The third-order valence-corrected chi connectivity index (χ3v) is 5.07. The van der Waals surface area contributed by atoms with Crippen molar-refractivity contribution in [2.24, 2.45) is 0 Å². The van der Waals surface area contributed by atoms with E-state index in [1.165, 1.54) is 7.11 Å². The molecule has 0 bridgehead atoms. The van der Waals surface area contributed by atoms with Crippen molar-refractivity contribution >= 4 is 28.8 Å². The van der Waals surface area contributed by atoms with Crippen molar-refractivity contribution in [3.63, 3.8) is 0 Å². The summed E-state index contributed by atoms with van der Waals surface area (Å²) in [7, 11) is 3.11. The van der Waals surface area contributed by atoms with Crippen molar-refractivity contribution in [2.75, 3.05) is 24.0 Å². The van der Waals surface area contributed by atoms with Crippen LogP contribution in [0.3, 0.4) is 0 Å². The number of carbonyl (C=O) groups excluding carboxylic acids is 2. The molecule has 156 valence electrons. The van der Waals surface area contributed by atoms with E-state index in [4.69, 9.17) is 4.74 Å². The number of anilines is 2. The Balaban J connectivity index is 1.93. The SMILES string of the molecule is COc1ccccc1C1=C(N(C)c2ccccc2)C(=O)N(c2ccc(F)cc2F)C1=O. The minimum Gasteiger partial charge on any atom is -0.496 e. The number of halogens is 2. The van der Waals surface area contributed by atoms with E-state index in [-0.39, 0.29) is 17.0 Å². The van der Waals surface area contributed by atoms with Gasteiger partial charge in [-0.15, -0.1) is 0 Å². The van der Waals surface area contributed by atoms with Gasteiger partial charge in [0.25, 0.3) is 11.8 Å². The normalized spacial score (nSPS) is 13.7. The first kappa shape index (κ1) is 20.3. The van der Waals surface area contributed by atoms with E-state index in [2.05, 4.69) is 0 Å². The molecule has 0 unspecified atom stereocenters. The lowest BCUT2D eigenvalue weighted by atomic mass is 10.0. The fourth-order valence-corrected chi connectivity index (χ4v) is 3.59. The van der Waals surface area contributed by atoms with E-state index in [1.807, 2.05) is 6.07 Å². The smallest absolute Gasteiger partial charge is 0.282 e. The second-order valence-electron chi connectivity index (χ2n) is 6.86. The lowest BCUT2D eigenvalue weighted by molar-refractivity contribution is -0.120. The number of para-hydroxylation sites is 2. The highest BCUT2D eigenvalue weighted by atomic mass is 19.1. The van der Waals surface area contributed by atoms with Crippen LogP contribution in [-0.2, 0) is 9.59 Å². The fourth-order valence-electron chi connectivity index (χ4n) is 3.59. The van der Waals surface area contributed by atoms with Crippen LogP contribution >= 0.6 is 0 Å². The standard InChI is InChI=1S/C24H18F2N2O3/c1-27(16-8-4-3-5-9-16)22-21(17-10-6-7-11-20(17)31-2)23(29)28(24(22)30)19-13-12-15(25)14-18(19)26/h3-14H,1-2H3. The lowest BCUT2D eigenvalue weighted by Crippen LogP contribution is -2.34. The molecule has 0 radical (unpaired) electrons. The zero-order valence-electron chi connectivity index (χ0n) is 16.8. The maximum absolute atomic E-state index is 14.5. The third-order valence-electron chi connectivity index (χ3n) is 5.07. The van der Waals surface area contributed by atoms with Gasteiger partial charge in [-0.2, -0.15) is 0 Å². The Labute approximate surface area is 177 Å². The minimum atomic E-state index is -1.01. The predicted octanol–water partition coefficient (Wildman–Crippen LogP) is 4.39. The van der Waals surface area contributed by atoms with Gasteiger partial charge in [-0.1, -0.05) is 36.4 Å². The maximum atomic E-state index is 14.5. The lowest BCUT2D eigenvalue weighted by Gasteiger charge is -2.22. The summed E-state index contributed by atoms with van der Waals surface area (Å²) in [5.74, 6) is -2.87. The summed E-state index contributed by atoms with van der Waals surface area (Å²) in [6, 6.07) is 18.5. The second kappa shape index (κ2) is 8.02. The van der Waals surface area contributed by atoms with E-state index >= 15 is 0 Å². The Bertz CT molecular complexity index is 1210. The van der Waals surface area contributed by atoms with Gasteiger partial charge in [0.15, 0.2) is 0 Å². The van der Waals surface area contributed by atoms with Crippen molar-refractivity contribution in [2.45, 2.75) is 0 Å². The average Bonchev–Trinajstić information content (AvgIpc) is 3.04. The summed E-state index contributed by atoms with van der Waals surface area (Å²) >= 11 is 0. The number of methoxy groups -OCH3 is 1. The van der Waals surface area contributed by atoms with Crippen LogP contribution in [0.1, 0.15) is 5.56 Å². The molecule has 0 aromatic heterocycles. The van der Waals surface area contributed by atoms with E-state index in [0.717, 1.165) is 17.0 Å². The van der Waals surface area contributed by atoms with Gasteiger partial charge in [0.1, 0.15) is 23.1 Å². The Morgan fingerprint density at radius 2 is 1.55 bits per heavy atom. The zero-order chi connectivity index (χ0) is 22.1. The monoisotopic (exact) mass is 420 g/mol. The fraction of sp³-hybridized carbons (Fsp3) is 0.0833. The Morgan fingerprint density at radius 3 is 2.23 bits per heavy atom. The molecule has 0 saturated heterocycles. The molecule has 0 N–H and O–H groups in total. The van der Waals surface area contributed by atoms with Crippen molar-refractivity contribution in [3.8, 4) is 5.75 Å². The molecule has 7 heteroatoms. The number of hydrogen-bond donors (Lipinski definition) is 0. The molecule has 1 heterocycles. The van der Waals surface area contributed by atoms with Gasteiger partial charge in [0.05, 0.1) is 18.4 Å². The highest BCUT2D eigenvalue weighted by Gasteiger charge is 2.43. The molecule has 0 atom stereocenters. The van der Waals surface area contributed by atoms with Crippen LogP contribution in [0.2, 0.25) is 0 Å². The van der Waals surface area contributed by atoms with Crippen LogP contribution < -0.4 is 14.5 Å². The van der Waals surface area contributed by atoms with Crippen LogP contribution in [0.5, 0.6) is 5.75 Å². The molecule has 1 aliphatic heterocycles. The van der Waals surface area contributed by atoms with E-state index in [0.29, 0.717) is 23.1 Å². The van der Waals surface area contributed by atoms with E-state index in [1.54, 1.807) is 60.5 Å². The number of hydrogen-bond acceptors (Lipinski definition) is 4. The molecule has 2 amide bonds. The van der Waals surface area contributed by atoms with Crippen LogP contribution in [0.4, 0.5) is 20.2 Å². The van der Waals surface area contributed by atoms with Gasteiger partial charge >= 0.3 is 0 Å². The molecule has 0 aliphatic carbocycles. The number of nitrogens with zero attached hydrogens (tertiary/aromatic N) is 2. The molecule has 0 saturated carbocycles. The van der Waals surface area contributed by atoms with Gasteiger partial charge in [0.2, 0.25) is 0 Å². The van der Waals surface area contributed by atoms with Crippen LogP contribution in [0.25, 0.3) is 5.57 Å². The summed E-state index contributed by atoms with van der Waals surface area (Å²) in [5, 5.41) is 0. The number of likely N-dealkylation sites (N-methyl/N-ethyl adjacent to an activating group) is 1. The Kier molecular flexibility index (Phi) is 5.25. The molecule has 0 spiro atoms. The van der Waals surface area contributed by atoms with Crippen molar-refractivity contribution in [1.29, 1.82) is 0 Å². The van der Waals surface area contributed by atoms with Crippen LogP contribution in [0, 0.1) is 11.6 Å². The molecular formula is C24H18F2N2O3. The summed E-state index contributed by atoms with van der Waals surface area (Å²) in [5.41, 5.74) is 0.862. The van der Waals surface area contributed by atoms with Gasteiger partial charge in [-0.25, -0.2) is 13.7 Å². The quantitative estimate of drug-likeness (QED) is 0.575. The van der Waals surface area contributed by atoms with Crippen LogP contribution in [-0.4, -0.2) is 26.0 Å². The molecule has 4 rings (SSSR count). The topological polar surface area (TPSA) is 49.9 Å². The van der Waals surface area contributed by atoms with Crippen molar-refractivity contribution < 1.29 is 23.1 Å². The molecule has 3 aromatic rings. The number of rotatable bonds is 5. The summed E-state index contributed by atoms with van der Waals surface area (Å²) in [4.78, 5) is 29.2. The van der Waals surface area contributed by atoms with E-state index < -0.39 is 23.4 Å². The van der Waals surface area contributed by atoms with Crippen LogP contribution in [0.15, 0.2) is 78.5 Å². The Hall–Kier alpha value is -4.00. The van der Waals surface area contributed by atoms with E-state index in [9.17, 15) is 18.4 Å². The first-order valence-electron chi connectivity index (χ1n) is 9.44. The van der Waals surface area contributed by atoms with Crippen molar-refractivity contribution in [3.05, 3.63) is 95.7 Å². The first-order chi connectivity index (χ1) is 14.9.